The molecule has 0 saturated carbocycles. The van der Waals surface area contributed by atoms with E-state index in [1.165, 1.54) is 6.07 Å². The molecular weight excluding hydrogens is 414 g/mol. The fourth-order valence-corrected chi connectivity index (χ4v) is 3.40. The van der Waals surface area contributed by atoms with Gasteiger partial charge in [0.05, 0.1) is 17.6 Å². The lowest BCUT2D eigenvalue weighted by Crippen LogP contribution is -2.46. The van der Waals surface area contributed by atoms with Crippen LogP contribution in [0, 0.1) is 10.1 Å². The number of benzene rings is 2. The van der Waals surface area contributed by atoms with E-state index in [1.54, 1.807) is 7.11 Å². The first-order valence-electron chi connectivity index (χ1n) is 9.24. The summed E-state index contributed by atoms with van der Waals surface area (Å²) >= 11 is 0. The lowest BCUT2D eigenvalue weighted by molar-refractivity contribution is -0.386. The second-order valence-corrected chi connectivity index (χ2v) is 6.79. The third kappa shape index (κ3) is 5.11. The average Bonchev–Trinajstić information content (AvgIpc) is 2.74. The zero-order valence-electron chi connectivity index (χ0n) is 16.5. The number of carbonyl (C=O) groups is 1. The zero-order chi connectivity index (χ0) is 21.0. The largest absolute Gasteiger partial charge is 0.504 e. The summed E-state index contributed by atoms with van der Waals surface area (Å²) in [6.45, 7) is 3.61. The van der Waals surface area contributed by atoms with Crippen molar-refractivity contribution in [3.05, 3.63) is 52.1 Å². The number of hydrogen-bond acceptors (Lipinski definition) is 8. The molecule has 162 valence electrons. The average molecular weight is 438 g/mol. The summed E-state index contributed by atoms with van der Waals surface area (Å²) in [4.78, 5) is 27.2. The van der Waals surface area contributed by atoms with Crippen molar-refractivity contribution in [2.75, 3.05) is 44.7 Å². The molecule has 30 heavy (non-hydrogen) atoms. The second kappa shape index (κ2) is 10.1. The first kappa shape index (κ1) is 23.2. The van der Waals surface area contributed by atoms with Gasteiger partial charge in [-0.15, -0.1) is 12.4 Å². The number of halogens is 1. The Balaban J connectivity index is 0.00000320. The normalized spacial score (nSPS) is 14.1. The SMILES string of the molecule is COc1ccc(N2CCN(CCC(=O)c3ccc(O)c(O)c3[N+](=O)[O-])CC2)cc1.Cl. The van der Waals surface area contributed by atoms with Crippen molar-refractivity contribution in [1.29, 1.82) is 0 Å². The highest BCUT2D eigenvalue weighted by Gasteiger charge is 2.27. The molecule has 0 atom stereocenters. The molecule has 0 radical (unpaired) electrons. The highest BCUT2D eigenvalue weighted by Crippen LogP contribution is 2.38. The molecule has 1 heterocycles. The van der Waals surface area contributed by atoms with Crippen LogP contribution in [0.5, 0.6) is 17.2 Å². The van der Waals surface area contributed by atoms with E-state index in [0.29, 0.717) is 6.54 Å². The fraction of sp³-hybridized carbons (Fsp3) is 0.350. The summed E-state index contributed by atoms with van der Waals surface area (Å²) < 4.78 is 5.17. The highest BCUT2D eigenvalue weighted by atomic mass is 35.5. The van der Waals surface area contributed by atoms with Gasteiger partial charge in [0.1, 0.15) is 5.75 Å². The Morgan fingerprint density at radius 2 is 1.73 bits per heavy atom. The van der Waals surface area contributed by atoms with Gasteiger partial charge in [0, 0.05) is 44.8 Å². The molecule has 1 saturated heterocycles. The quantitative estimate of drug-likeness (QED) is 0.294. The van der Waals surface area contributed by atoms with Crippen molar-refractivity contribution in [2.45, 2.75) is 6.42 Å². The van der Waals surface area contributed by atoms with E-state index in [1.807, 2.05) is 24.3 Å². The molecule has 0 bridgehead atoms. The lowest BCUT2D eigenvalue weighted by Gasteiger charge is -2.36. The molecule has 9 nitrogen and oxygen atoms in total. The van der Waals surface area contributed by atoms with Gasteiger partial charge in [-0.05, 0) is 36.4 Å². The van der Waals surface area contributed by atoms with Crippen molar-refractivity contribution < 1.29 is 24.7 Å². The van der Waals surface area contributed by atoms with Gasteiger partial charge in [-0.2, -0.15) is 0 Å². The Morgan fingerprint density at radius 1 is 1.10 bits per heavy atom. The van der Waals surface area contributed by atoms with E-state index >= 15 is 0 Å². The monoisotopic (exact) mass is 437 g/mol. The molecule has 2 N–H and O–H groups in total. The molecular formula is C20H24ClN3O6. The highest BCUT2D eigenvalue weighted by molar-refractivity contribution is 6.01. The van der Waals surface area contributed by atoms with Gasteiger partial charge in [-0.25, -0.2) is 0 Å². The molecule has 1 aliphatic rings. The molecule has 2 aromatic rings. The number of carbonyl (C=O) groups excluding carboxylic acids is 1. The lowest BCUT2D eigenvalue weighted by atomic mass is 10.0. The third-order valence-electron chi connectivity index (χ3n) is 5.08. The van der Waals surface area contributed by atoms with E-state index < -0.39 is 27.9 Å². The third-order valence-corrected chi connectivity index (χ3v) is 5.08. The van der Waals surface area contributed by atoms with Gasteiger partial charge < -0.3 is 19.8 Å². The van der Waals surface area contributed by atoms with E-state index in [-0.39, 0.29) is 24.4 Å². The maximum Gasteiger partial charge on any atom is 0.325 e. The Bertz CT molecular complexity index is 898. The fourth-order valence-electron chi connectivity index (χ4n) is 3.40. The first-order valence-corrected chi connectivity index (χ1v) is 9.24. The molecule has 10 heteroatoms. The number of phenolic OH excluding ortho intramolecular Hbond substituents is 2. The summed E-state index contributed by atoms with van der Waals surface area (Å²) in [6, 6.07) is 10.1. The van der Waals surface area contributed by atoms with Crippen LogP contribution in [0.4, 0.5) is 11.4 Å². The van der Waals surface area contributed by atoms with Crippen LogP contribution in [0.3, 0.4) is 0 Å². The molecule has 0 amide bonds. The Labute approximate surface area is 180 Å². The van der Waals surface area contributed by atoms with Crippen LogP contribution >= 0.6 is 12.4 Å². The molecule has 0 unspecified atom stereocenters. The van der Waals surface area contributed by atoms with Gasteiger partial charge in [0.25, 0.3) is 0 Å². The predicted molar refractivity (Wildman–Crippen MR) is 114 cm³/mol. The van der Waals surface area contributed by atoms with Gasteiger partial charge >= 0.3 is 5.69 Å². The van der Waals surface area contributed by atoms with Crippen molar-refractivity contribution in [3.63, 3.8) is 0 Å². The number of ether oxygens (including phenoxy) is 1. The van der Waals surface area contributed by atoms with Crippen LogP contribution in [0.1, 0.15) is 16.8 Å². The zero-order valence-corrected chi connectivity index (χ0v) is 17.3. The number of aromatic hydroxyl groups is 2. The molecule has 3 rings (SSSR count). The predicted octanol–water partition coefficient (Wildman–Crippen LogP) is 2.83. The van der Waals surface area contributed by atoms with Crippen LogP contribution in [0.15, 0.2) is 36.4 Å². The smallest absolute Gasteiger partial charge is 0.325 e. The van der Waals surface area contributed by atoms with Crippen LogP contribution in [-0.2, 0) is 0 Å². The summed E-state index contributed by atoms with van der Waals surface area (Å²) in [5.74, 6) is -1.14. The number of ketones is 1. The minimum atomic E-state index is -0.881. The molecule has 0 aliphatic carbocycles. The number of hydrogen-bond donors (Lipinski definition) is 2. The number of phenols is 2. The number of nitro benzene ring substituents is 1. The summed E-state index contributed by atoms with van der Waals surface area (Å²) in [5.41, 5.74) is 0.165. The number of piperazine rings is 1. The molecule has 1 fully saturated rings. The Hall–Kier alpha value is -3.04. The second-order valence-electron chi connectivity index (χ2n) is 6.79. The Kier molecular flexibility index (Phi) is 7.85. The van der Waals surface area contributed by atoms with Crippen molar-refractivity contribution >= 4 is 29.6 Å². The standard InChI is InChI=1S/C20H23N3O6.ClH/c1-29-15-4-2-14(3-5-15)22-12-10-21(11-13-22)9-8-17(24)16-6-7-18(25)20(26)19(16)23(27)28;/h2-7,25-26H,8-13H2,1H3;1H. The summed E-state index contributed by atoms with van der Waals surface area (Å²) in [7, 11) is 1.63. The van der Waals surface area contributed by atoms with E-state index in [0.717, 1.165) is 43.7 Å². The maximum absolute atomic E-state index is 12.5. The van der Waals surface area contributed by atoms with Crippen LogP contribution < -0.4 is 9.64 Å². The van der Waals surface area contributed by atoms with Crippen LogP contribution in [-0.4, -0.2) is 65.7 Å². The van der Waals surface area contributed by atoms with Gasteiger partial charge in [-0.3, -0.25) is 19.8 Å². The van der Waals surface area contributed by atoms with E-state index in [4.69, 9.17) is 4.74 Å². The van der Waals surface area contributed by atoms with Gasteiger partial charge in [-0.1, -0.05) is 0 Å². The van der Waals surface area contributed by atoms with E-state index in [2.05, 4.69) is 9.80 Å². The number of anilines is 1. The molecule has 0 aromatic heterocycles. The number of nitro groups is 1. The van der Waals surface area contributed by atoms with Gasteiger partial charge in [0.2, 0.25) is 5.75 Å². The van der Waals surface area contributed by atoms with E-state index in [9.17, 15) is 25.1 Å². The number of rotatable bonds is 7. The van der Waals surface area contributed by atoms with Gasteiger partial charge in [0.15, 0.2) is 11.5 Å². The molecule has 1 aliphatic heterocycles. The van der Waals surface area contributed by atoms with Crippen molar-refractivity contribution in [3.8, 4) is 17.2 Å². The van der Waals surface area contributed by atoms with Crippen LogP contribution in [0.25, 0.3) is 0 Å². The topological polar surface area (TPSA) is 116 Å². The molecule has 2 aromatic carbocycles. The van der Waals surface area contributed by atoms with Crippen molar-refractivity contribution in [1.82, 2.24) is 4.90 Å². The minimum absolute atomic E-state index is 0. The maximum atomic E-state index is 12.5. The van der Waals surface area contributed by atoms with Crippen LogP contribution in [0.2, 0.25) is 0 Å². The number of methoxy groups -OCH3 is 1. The summed E-state index contributed by atoms with van der Waals surface area (Å²) in [6.07, 6.45) is 0.0909. The molecule has 0 spiro atoms. The minimum Gasteiger partial charge on any atom is -0.504 e. The summed E-state index contributed by atoms with van der Waals surface area (Å²) in [5, 5.41) is 30.3. The number of nitrogens with zero attached hydrogens (tertiary/aromatic N) is 3. The van der Waals surface area contributed by atoms with Crippen molar-refractivity contribution in [2.24, 2.45) is 0 Å². The first-order chi connectivity index (χ1) is 13.9. The number of Topliss-reactive ketones (excluding diaryl/α,β-unsaturated/α-hetero) is 1. The Morgan fingerprint density at radius 3 is 2.30 bits per heavy atom.